The second kappa shape index (κ2) is 7.84. The highest BCUT2D eigenvalue weighted by Crippen LogP contribution is 2.19. The molecular formula is C22H17FN4O. The molecule has 4 rings (SSSR count). The molecule has 0 spiro atoms. The van der Waals surface area contributed by atoms with E-state index in [-0.39, 0.29) is 11.7 Å². The largest absolute Gasteiger partial charge is 0.350 e. The van der Waals surface area contributed by atoms with E-state index in [2.05, 4.69) is 15.4 Å². The average molecular weight is 372 g/mol. The summed E-state index contributed by atoms with van der Waals surface area (Å²) in [6.45, 7) is 0.312. The van der Waals surface area contributed by atoms with Crippen molar-refractivity contribution in [2.45, 2.75) is 6.54 Å². The predicted molar refractivity (Wildman–Crippen MR) is 105 cm³/mol. The van der Waals surface area contributed by atoms with Crippen molar-refractivity contribution in [1.29, 1.82) is 0 Å². The number of nitrogens with one attached hydrogen (secondary N) is 1. The van der Waals surface area contributed by atoms with E-state index < -0.39 is 0 Å². The van der Waals surface area contributed by atoms with Crippen LogP contribution >= 0.6 is 0 Å². The zero-order valence-corrected chi connectivity index (χ0v) is 14.9. The molecule has 4 aromatic rings. The molecule has 0 aliphatic rings. The number of hydrogen-bond donors (Lipinski definition) is 1. The summed E-state index contributed by atoms with van der Waals surface area (Å²) in [6.07, 6.45) is 0. The van der Waals surface area contributed by atoms with E-state index in [1.165, 1.54) is 16.8 Å². The fourth-order valence-corrected chi connectivity index (χ4v) is 2.81. The van der Waals surface area contributed by atoms with Crippen molar-refractivity contribution in [3.8, 4) is 11.4 Å². The van der Waals surface area contributed by atoms with Gasteiger partial charge in [0.05, 0.1) is 0 Å². The number of rotatable bonds is 5. The SMILES string of the molecule is O=C(c1ccccc1)n1nc(-c2ccccc2)nc1NCc1cccc(F)c1. The van der Waals surface area contributed by atoms with E-state index >= 15 is 0 Å². The molecule has 0 saturated carbocycles. The molecule has 6 heteroatoms. The summed E-state index contributed by atoms with van der Waals surface area (Å²) in [5.41, 5.74) is 2.04. The van der Waals surface area contributed by atoms with Crippen molar-refractivity contribution in [3.63, 3.8) is 0 Å². The Kier molecular flexibility index (Phi) is 4.93. The lowest BCUT2D eigenvalue weighted by Gasteiger charge is -2.07. The first-order chi connectivity index (χ1) is 13.7. The average Bonchev–Trinajstić information content (AvgIpc) is 3.17. The molecule has 138 valence electrons. The lowest BCUT2D eigenvalue weighted by atomic mass is 10.2. The van der Waals surface area contributed by atoms with Gasteiger partial charge in [0.2, 0.25) is 5.95 Å². The van der Waals surface area contributed by atoms with Crippen LogP contribution in [-0.4, -0.2) is 20.7 Å². The fraction of sp³-hybridized carbons (Fsp3) is 0.0455. The molecule has 0 fully saturated rings. The Morgan fingerprint density at radius 2 is 1.64 bits per heavy atom. The third-order valence-corrected chi connectivity index (χ3v) is 4.19. The Morgan fingerprint density at radius 1 is 0.929 bits per heavy atom. The lowest BCUT2D eigenvalue weighted by molar-refractivity contribution is 0.0947. The maximum Gasteiger partial charge on any atom is 0.281 e. The van der Waals surface area contributed by atoms with Crippen LogP contribution in [0.2, 0.25) is 0 Å². The number of nitrogens with zero attached hydrogens (tertiary/aromatic N) is 3. The van der Waals surface area contributed by atoms with E-state index in [0.717, 1.165) is 11.1 Å². The molecular weight excluding hydrogens is 355 g/mol. The first kappa shape index (κ1) is 17.6. The van der Waals surface area contributed by atoms with Crippen LogP contribution < -0.4 is 5.32 Å². The number of aromatic nitrogens is 3. The van der Waals surface area contributed by atoms with Crippen LogP contribution in [0.15, 0.2) is 84.9 Å². The molecule has 0 aliphatic heterocycles. The van der Waals surface area contributed by atoms with Gasteiger partial charge in [0.1, 0.15) is 5.82 Å². The Hall–Kier alpha value is -3.80. The summed E-state index contributed by atoms with van der Waals surface area (Å²) in [5.74, 6) is 0.131. The van der Waals surface area contributed by atoms with E-state index in [4.69, 9.17) is 0 Å². The Morgan fingerprint density at radius 3 is 2.36 bits per heavy atom. The van der Waals surface area contributed by atoms with Crippen molar-refractivity contribution in [1.82, 2.24) is 14.8 Å². The van der Waals surface area contributed by atoms with Gasteiger partial charge in [0, 0.05) is 17.7 Å². The fourth-order valence-electron chi connectivity index (χ4n) is 2.81. The summed E-state index contributed by atoms with van der Waals surface area (Å²) in [4.78, 5) is 17.4. The summed E-state index contributed by atoms with van der Waals surface area (Å²) >= 11 is 0. The van der Waals surface area contributed by atoms with Crippen LogP contribution in [0, 0.1) is 5.82 Å². The summed E-state index contributed by atoms with van der Waals surface area (Å²) in [5, 5.41) is 7.51. The van der Waals surface area contributed by atoms with Crippen LogP contribution in [0.5, 0.6) is 0 Å². The first-order valence-electron chi connectivity index (χ1n) is 8.81. The van der Waals surface area contributed by atoms with Crippen molar-refractivity contribution >= 4 is 11.9 Å². The molecule has 5 nitrogen and oxygen atoms in total. The molecule has 0 radical (unpaired) electrons. The van der Waals surface area contributed by atoms with Crippen LogP contribution in [0.1, 0.15) is 15.9 Å². The zero-order chi connectivity index (χ0) is 19.3. The second-order valence-corrected chi connectivity index (χ2v) is 6.19. The molecule has 1 heterocycles. The first-order valence-corrected chi connectivity index (χ1v) is 8.81. The van der Waals surface area contributed by atoms with Crippen LogP contribution in [0.25, 0.3) is 11.4 Å². The number of hydrogen-bond acceptors (Lipinski definition) is 4. The summed E-state index contributed by atoms with van der Waals surface area (Å²) in [6, 6.07) is 24.6. The minimum atomic E-state index is -0.314. The van der Waals surface area contributed by atoms with E-state index in [1.807, 2.05) is 36.4 Å². The number of carbonyl (C=O) groups excluding carboxylic acids is 1. The summed E-state index contributed by atoms with van der Waals surface area (Å²) < 4.78 is 14.7. The van der Waals surface area contributed by atoms with Crippen LogP contribution in [0.3, 0.4) is 0 Å². The smallest absolute Gasteiger partial charge is 0.281 e. The maximum absolute atomic E-state index is 13.4. The molecule has 28 heavy (non-hydrogen) atoms. The quantitative estimate of drug-likeness (QED) is 0.565. The van der Waals surface area contributed by atoms with Crippen molar-refractivity contribution in [3.05, 3.63) is 102 Å². The molecule has 0 unspecified atom stereocenters. The zero-order valence-electron chi connectivity index (χ0n) is 14.9. The standard InChI is InChI=1S/C22H17FN4O/c23-19-13-7-8-16(14-19)15-24-22-25-20(17-9-3-1-4-10-17)26-27(22)21(28)18-11-5-2-6-12-18/h1-14H,15H2,(H,24,25,26). The van der Waals surface area contributed by atoms with Gasteiger partial charge < -0.3 is 5.32 Å². The van der Waals surface area contributed by atoms with E-state index in [9.17, 15) is 9.18 Å². The third-order valence-electron chi connectivity index (χ3n) is 4.19. The van der Waals surface area contributed by atoms with Gasteiger partial charge in [-0.05, 0) is 29.8 Å². The molecule has 1 N–H and O–H groups in total. The molecule has 0 bridgehead atoms. The highest BCUT2D eigenvalue weighted by molar-refractivity contribution is 5.97. The van der Waals surface area contributed by atoms with E-state index in [0.29, 0.717) is 23.9 Å². The second-order valence-electron chi connectivity index (χ2n) is 6.19. The minimum Gasteiger partial charge on any atom is -0.350 e. The van der Waals surface area contributed by atoms with Gasteiger partial charge >= 0.3 is 0 Å². The third kappa shape index (κ3) is 3.81. The molecule has 1 aromatic heterocycles. The monoisotopic (exact) mass is 372 g/mol. The van der Waals surface area contributed by atoms with Crippen molar-refractivity contribution in [2.75, 3.05) is 5.32 Å². The van der Waals surface area contributed by atoms with Crippen molar-refractivity contribution in [2.24, 2.45) is 0 Å². The topological polar surface area (TPSA) is 59.8 Å². The summed E-state index contributed by atoms with van der Waals surface area (Å²) in [7, 11) is 0. The van der Waals surface area contributed by atoms with Gasteiger partial charge in [-0.25, -0.2) is 4.39 Å². The minimum absolute atomic E-state index is 0.294. The molecule has 0 saturated heterocycles. The normalized spacial score (nSPS) is 10.6. The van der Waals surface area contributed by atoms with Gasteiger partial charge in [0.25, 0.3) is 5.91 Å². The Balaban J connectivity index is 1.68. The number of carbonyl (C=O) groups is 1. The van der Waals surface area contributed by atoms with Gasteiger partial charge in [-0.15, -0.1) is 5.10 Å². The van der Waals surface area contributed by atoms with Crippen molar-refractivity contribution < 1.29 is 9.18 Å². The molecule has 0 aliphatic carbocycles. The number of benzene rings is 3. The van der Waals surface area contributed by atoms with Gasteiger partial charge in [-0.2, -0.15) is 9.67 Å². The van der Waals surface area contributed by atoms with Gasteiger partial charge in [-0.3, -0.25) is 4.79 Å². The number of anilines is 1. The maximum atomic E-state index is 13.4. The highest BCUT2D eigenvalue weighted by atomic mass is 19.1. The Bertz CT molecular complexity index is 1090. The molecule has 0 amide bonds. The highest BCUT2D eigenvalue weighted by Gasteiger charge is 2.18. The number of halogens is 1. The molecule has 3 aromatic carbocycles. The van der Waals surface area contributed by atoms with Gasteiger partial charge in [0.15, 0.2) is 5.82 Å². The molecule has 0 atom stereocenters. The van der Waals surface area contributed by atoms with Crippen LogP contribution in [-0.2, 0) is 6.54 Å². The lowest BCUT2D eigenvalue weighted by Crippen LogP contribution is -2.17. The van der Waals surface area contributed by atoms with Gasteiger partial charge in [-0.1, -0.05) is 60.7 Å². The Labute approximate surface area is 161 Å². The predicted octanol–water partition coefficient (Wildman–Crippen LogP) is 4.38. The van der Waals surface area contributed by atoms with Crippen LogP contribution in [0.4, 0.5) is 10.3 Å². The van der Waals surface area contributed by atoms with E-state index in [1.54, 1.807) is 36.4 Å².